The molecule has 0 heterocycles. The van der Waals surface area contributed by atoms with Gasteiger partial charge in [-0.25, -0.2) is 9.59 Å². The van der Waals surface area contributed by atoms with Gasteiger partial charge in [0.05, 0.1) is 13.2 Å². The number of carbonyl (C=O) groups is 2. The molecule has 0 radical (unpaired) electrons. The molecule has 0 aromatic rings. The summed E-state index contributed by atoms with van der Waals surface area (Å²) >= 11 is 0. The van der Waals surface area contributed by atoms with Crippen LogP contribution in [0.3, 0.4) is 0 Å². The van der Waals surface area contributed by atoms with Gasteiger partial charge in [0.25, 0.3) is 0 Å². The van der Waals surface area contributed by atoms with Gasteiger partial charge >= 0.3 is 11.9 Å². The summed E-state index contributed by atoms with van der Waals surface area (Å²) in [6.45, 7) is 12.3. The van der Waals surface area contributed by atoms with Gasteiger partial charge in [0.1, 0.15) is 0 Å². The van der Waals surface area contributed by atoms with Gasteiger partial charge in [0.15, 0.2) is 0 Å². The molecule has 0 saturated carbocycles. The SMILES string of the molecule is C=CC(=O)OCC(C)(C)COC(=O)C(=C)C. The van der Waals surface area contributed by atoms with Crippen LogP contribution in [-0.4, -0.2) is 25.2 Å². The Labute approximate surface area is 95.9 Å². The molecule has 0 spiro atoms. The lowest BCUT2D eigenvalue weighted by molar-refractivity contribution is -0.147. The van der Waals surface area contributed by atoms with E-state index in [1.165, 1.54) is 0 Å². The molecule has 0 fully saturated rings. The highest BCUT2D eigenvalue weighted by atomic mass is 16.5. The van der Waals surface area contributed by atoms with E-state index in [1.54, 1.807) is 6.92 Å². The number of hydrogen-bond donors (Lipinski definition) is 0. The fourth-order valence-corrected chi connectivity index (χ4v) is 0.751. The summed E-state index contributed by atoms with van der Waals surface area (Å²) in [7, 11) is 0. The molecule has 0 aliphatic rings. The molecule has 16 heavy (non-hydrogen) atoms. The van der Waals surface area contributed by atoms with Gasteiger partial charge in [-0.05, 0) is 6.92 Å². The maximum Gasteiger partial charge on any atom is 0.333 e. The first kappa shape index (κ1) is 14.4. The van der Waals surface area contributed by atoms with Crippen LogP contribution in [0.4, 0.5) is 0 Å². The van der Waals surface area contributed by atoms with Crippen molar-refractivity contribution in [3.05, 3.63) is 24.8 Å². The number of rotatable bonds is 6. The standard InChI is InChI=1S/C12H18O4/c1-6-10(13)15-7-12(4,5)8-16-11(14)9(2)3/h6H,1-2,7-8H2,3-5H3. The Balaban J connectivity index is 4.04. The Morgan fingerprint density at radius 2 is 1.75 bits per heavy atom. The molecule has 4 nitrogen and oxygen atoms in total. The van der Waals surface area contributed by atoms with Gasteiger partial charge in [-0.2, -0.15) is 0 Å². The summed E-state index contributed by atoms with van der Waals surface area (Å²) < 4.78 is 9.86. The van der Waals surface area contributed by atoms with Gasteiger partial charge in [-0.1, -0.05) is 27.0 Å². The predicted octanol–water partition coefficient (Wildman–Crippen LogP) is 1.86. The second kappa shape index (κ2) is 6.10. The molecule has 0 N–H and O–H groups in total. The Bertz CT molecular complexity index is 302. The molecule has 0 amide bonds. The smallest absolute Gasteiger partial charge is 0.333 e. The van der Waals surface area contributed by atoms with Crippen LogP contribution in [0.15, 0.2) is 24.8 Å². The quantitative estimate of drug-likeness (QED) is 0.512. The fraction of sp³-hybridized carbons (Fsp3) is 0.500. The third-order valence-electron chi connectivity index (χ3n) is 1.71. The Kier molecular flexibility index (Phi) is 5.50. The van der Waals surface area contributed by atoms with E-state index < -0.39 is 17.4 Å². The maximum atomic E-state index is 11.1. The zero-order valence-corrected chi connectivity index (χ0v) is 10.0. The molecule has 0 aromatic carbocycles. The Hall–Kier alpha value is -1.58. The normalized spacial score (nSPS) is 10.4. The molecule has 4 heteroatoms. The van der Waals surface area contributed by atoms with Crippen LogP contribution in [0.2, 0.25) is 0 Å². The minimum absolute atomic E-state index is 0.168. The van der Waals surface area contributed by atoms with Crippen molar-refractivity contribution < 1.29 is 19.1 Å². The number of ether oxygens (including phenoxy) is 2. The average Bonchev–Trinajstić information content (AvgIpc) is 2.22. The first-order chi connectivity index (χ1) is 7.28. The van der Waals surface area contributed by atoms with Crippen molar-refractivity contribution in [3.63, 3.8) is 0 Å². The third-order valence-corrected chi connectivity index (χ3v) is 1.71. The van der Waals surface area contributed by atoms with Gasteiger partial charge in [-0.15, -0.1) is 0 Å². The highest BCUT2D eigenvalue weighted by Gasteiger charge is 2.22. The molecule has 0 saturated heterocycles. The van der Waals surface area contributed by atoms with Gasteiger partial charge in [-0.3, -0.25) is 0 Å². The van der Waals surface area contributed by atoms with Crippen LogP contribution in [0.1, 0.15) is 20.8 Å². The van der Waals surface area contributed by atoms with E-state index in [2.05, 4.69) is 13.2 Å². The van der Waals surface area contributed by atoms with E-state index in [4.69, 9.17) is 9.47 Å². The third kappa shape index (κ3) is 6.01. The highest BCUT2D eigenvalue weighted by molar-refractivity contribution is 5.86. The van der Waals surface area contributed by atoms with Crippen molar-refractivity contribution in [2.75, 3.05) is 13.2 Å². The summed E-state index contributed by atoms with van der Waals surface area (Å²) in [5, 5.41) is 0. The van der Waals surface area contributed by atoms with Crippen LogP contribution in [-0.2, 0) is 19.1 Å². The van der Waals surface area contributed by atoms with E-state index in [-0.39, 0.29) is 13.2 Å². The molecule has 0 aromatic heterocycles. The largest absolute Gasteiger partial charge is 0.462 e. The van der Waals surface area contributed by atoms with Crippen molar-refractivity contribution in [2.24, 2.45) is 5.41 Å². The van der Waals surface area contributed by atoms with Crippen molar-refractivity contribution in [3.8, 4) is 0 Å². The van der Waals surface area contributed by atoms with Gasteiger partial charge < -0.3 is 9.47 Å². The second-order valence-electron chi connectivity index (χ2n) is 4.33. The van der Waals surface area contributed by atoms with Crippen LogP contribution in [0.25, 0.3) is 0 Å². The van der Waals surface area contributed by atoms with Crippen LogP contribution in [0.5, 0.6) is 0 Å². The molecule has 0 rings (SSSR count). The van der Waals surface area contributed by atoms with Crippen LogP contribution in [0, 0.1) is 5.41 Å². The molecule has 0 unspecified atom stereocenters. The lowest BCUT2D eigenvalue weighted by Crippen LogP contribution is -2.28. The van der Waals surface area contributed by atoms with E-state index in [0.29, 0.717) is 5.57 Å². The average molecular weight is 226 g/mol. The molecule has 90 valence electrons. The van der Waals surface area contributed by atoms with Crippen LogP contribution >= 0.6 is 0 Å². The summed E-state index contributed by atoms with van der Waals surface area (Å²) in [5.41, 5.74) is -0.0806. The molecule has 0 bridgehead atoms. The van der Waals surface area contributed by atoms with Crippen molar-refractivity contribution >= 4 is 11.9 Å². The lowest BCUT2D eigenvalue weighted by atomic mass is 9.96. The molecule has 0 aliphatic heterocycles. The zero-order valence-electron chi connectivity index (χ0n) is 10.0. The van der Waals surface area contributed by atoms with E-state index >= 15 is 0 Å². The first-order valence-corrected chi connectivity index (χ1v) is 4.90. The molecular weight excluding hydrogens is 208 g/mol. The van der Waals surface area contributed by atoms with Crippen molar-refractivity contribution in [1.82, 2.24) is 0 Å². The molecular formula is C12H18O4. The molecule has 0 aliphatic carbocycles. The second-order valence-corrected chi connectivity index (χ2v) is 4.33. The Morgan fingerprint density at radius 1 is 1.25 bits per heavy atom. The summed E-state index contributed by atoms with van der Waals surface area (Å²) in [5.74, 6) is -0.928. The van der Waals surface area contributed by atoms with Crippen molar-refractivity contribution in [2.45, 2.75) is 20.8 Å². The van der Waals surface area contributed by atoms with Gasteiger partial charge in [0, 0.05) is 17.1 Å². The minimum atomic E-state index is -0.487. The number of carbonyl (C=O) groups excluding carboxylic acids is 2. The van der Waals surface area contributed by atoms with E-state index in [9.17, 15) is 9.59 Å². The monoisotopic (exact) mass is 226 g/mol. The fourth-order valence-electron chi connectivity index (χ4n) is 0.751. The van der Waals surface area contributed by atoms with Crippen molar-refractivity contribution in [1.29, 1.82) is 0 Å². The van der Waals surface area contributed by atoms with E-state index in [1.807, 2.05) is 13.8 Å². The topological polar surface area (TPSA) is 52.6 Å². The summed E-state index contributed by atoms with van der Waals surface area (Å²) in [6.07, 6.45) is 1.09. The van der Waals surface area contributed by atoms with Crippen LogP contribution < -0.4 is 0 Å². The summed E-state index contributed by atoms with van der Waals surface area (Å²) in [4.78, 5) is 22.0. The zero-order chi connectivity index (χ0) is 12.8. The summed E-state index contributed by atoms with van der Waals surface area (Å²) in [6, 6.07) is 0. The lowest BCUT2D eigenvalue weighted by Gasteiger charge is -2.23. The number of hydrogen-bond acceptors (Lipinski definition) is 4. The molecule has 0 atom stereocenters. The van der Waals surface area contributed by atoms with Gasteiger partial charge in [0.2, 0.25) is 0 Å². The van der Waals surface area contributed by atoms with E-state index in [0.717, 1.165) is 6.08 Å². The maximum absolute atomic E-state index is 11.1. The first-order valence-electron chi connectivity index (χ1n) is 4.90. The highest BCUT2D eigenvalue weighted by Crippen LogP contribution is 2.16. The predicted molar refractivity (Wildman–Crippen MR) is 60.7 cm³/mol. The number of esters is 2. The minimum Gasteiger partial charge on any atom is -0.462 e. The Morgan fingerprint density at radius 3 is 2.19 bits per heavy atom.